The lowest BCUT2D eigenvalue weighted by atomic mass is 9.73. The van der Waals surface area contributed by atoms with Crippen molar-refractivity contribution in [2.45, 2.75) is 30.1 Å². The lowest BCUT2D eigenvalue weighted by Gasteiger charge is -2.37. The molecular weight excluding hydrogens is 500 g/mol. The number of halogens is 9. The molecule has 2 nitrogen and oxygen atoms in total. The largest absolute Gasteiger partial charge is 0.416 e. The van der Waals surface area contributed by atoms with Crippen molar-refractivity contribution in [3.63, 3.8) is 0 Å². The molecule has 168 valence electrons. The van der Waals surface area contributed by atoms with Gasteiger partial charge >= 0.3 is 12.4 Å². The van der Waals surface area contributed by atoms with Gasteiger partial charge in [0.25, 0.3) is 5.92 Å². The van der Waals surface area contributed by atoms with E-state index in [1.165, 1.54) is 11.0 Å². The Hall–Kier alpha value is -2.17. The Morgan fingerprint density at radius 3 is 2.03 bits per heavy atom. The van der Waals surface area contributed by atoms with Crippen molar-refractivity contribution in [2.24, 2.45) is 0 Å². The van der Waals surface area contributed by atoms with Crippen molar-refractivity contribution >= 4 is 21.7 Å². The van der Waals surface area contributed by atoms with Crippen LogP contribution >= 0.6 is 15.9 Å². The maximum Gasteiger partial charge on any atom is 0.416 e. The Labute approximate surface area is 180 Å². The molecule has 2 aromatic rings. The third-order valence-corrected chi connectivity index (χ3v) is 5.77. The quantitative estimate of drug-likeness (QED) is 0.252. The van der Waals surface area contributed by atoms with Crippen LogP contribution in [0.4, 0.5) is 40.9 Å². The minimum absolute atomic E-state index is 0.0511. The third kappa shape index (κ3) is 4.42. The molecule has 11 heteroatoms. The normalized spacial score (nSPS) is 20.2. The van der Waals surface area contributed by atoms with E-state index < -0.39 is 53.3 Å². The van der Waals surface area contributed by atoms with E-state index in [0.717, 1.165) is 0 Å². The maximum atomic E-state index is 15.1. The predicted molar refractivity (Wildman–Crippen MR) is 102 cm³/mol. The Balaban J connectivity index is 2.20. The molecule has 1 aromatic carbocycles. The molecular formula is C20H15BrF8N2. The molecule has 0 aliphatic carbocycles. The van der Waals surface area contributed by atoms with Crippen LogP contribution < -0.4 is 4.90 Å². The lowest BCUT2D eigenvalue weighted by molar-refractivity contribution is -0.143. The van der Waals surface area contributed by atoms with Crippen molar-refractivity contribution in [2.75, 3.05) is 18.0 Å². The first-order chi connectivity index (χ1) is 14.2. The van der Waals surface area contributed by atoms with Crippen LogP contribution in [0.2, 0.25) is 0 Å². The third-order valence-electron chi connectivity index (χ3n) is 5.33. The van der Waals surface area contributed by atoms with Gasteiger partial charge in [0.05, 0.1) is 16.5 Å². The number of rotatable bonds is 4. The number of allylic oxidation sites excluding steroid dienone is 1. The molecule has 1 aliphatic rings. The van der Waals surface area contributed by atoms with Gasteiger partial charge in [0.1, 0.15) is 10.4 Å². The standard InChI is InChI=1S/C20H15BrF8N2/c1-2-18(22,23)17(6-7-31(11-17)16-5-3-4-15(21)30-16)12-8-13(19(24,25)26)10-14(9-12)20(27,28)29/h2-5,8-10H,1,6-7,11H2. The summed E-state index contributed by atoms with van der Waals surface area (Å²) < 4.78 is 110. The highest BCUT2D eigenvalue weighted by Gasteiger charge is 2.57. The SMILES string of the molecule is C=CC(F)(F)C1(c2cc(C(F)(F)F)cc(C(F)(F)F)c2)CCN(c2cccc(Br)n2)C1. The second-order valence-electron chi connectivity index (χ2n) is 7.19. The molecule has 3 rings (SSSR count). The monoisotopic (exact) mass is 514 g/mol. The van der Waals surface area contributed by atoms with Gasteiger partial charge in [-0.15, -0.1) is 0 Å². The molecule has 1 fully saturated rings. The van der Waals surface area contributed by atoms with Crippen LogP contribution in [0.25, 0.3) is 0 Å². The summed E-state index contributed by atoms with van der Waals surface area (Å²) >= 11 is 3.15. The van der Waals surface area contributed by atoms with Crippen molar-refractivity contribution in [1.29, 1.82) is 0 Å². The maximum absolute atomic E-state index is 15.1. The van der Waals surface area contributed by atoms with Gasteiger partial charge in [-0.05, 0) is 64.3 Å². The average Bonchev–Trinajstić information content (AvgIpc) is 3.14. The molecule has 1 aromatic heterocycles. The smallest absolute Gasteiger partial charge is 0.355 e. The summed E-state index contributed by atoms with van der Waals surface area (Å²) in [6, 6.07) is 5.35. The summed E-state index contributed by atoms with van der Waals surface area (Å²) in [5.74, 6) is -3.53. The Kier molecular flexibility index (Phi) is 5.88. The minimum Gasteiger partial charge on any atom is -0.355 e. The lowest BCUT2D eigenvalue weighted by Crippen LogP contribution is -2.46. The first kappa shape index (κ1) is 23.5. The fourth-order valence-electron chi connectivity index (χ4n) is 3.71. The van der Waals surface area contributed by atoms with E-state index in [-0.39, 0.29) is 24.5 Å². The summed E-state index contributed by atoms with van der Waals surface area (Å²) in [4.78, 5) is 5.55. The second-order valence-corrected chi connectivity index (χ2v) is 8.01. The predicted octanol–water partition coefficient (Wildman–Crippen LogP) is 6.85. The zero-order chi connectivity index (χ0) is 23.2. The van der Waals surface area contributed by atoms with Crippen LogP contribution in [0.1, 0.15) is 23.1 Å². The van der Waals surface area contributed by atoms with E-state index in [2.05, 4.69) is 27.5 Å². The van der Waals surface area contributed by atoms with Crippen LogP contribution in [0.15, 0.2) is 53.7 Å². The highest BCUT2D eigenvalue weighted by molar-refractivity contribution is 9.10. The molecule has 1 atom stereocenters. The number of benzene rings is 1. The topological polar surface area (TPSA) is 16.1 Å². The number of pyridine rings is 1. The number of hydrogen-bond acceptors (Lipinski definition) is 2. The van der Waals surface area contributed by atoms with Gasteiger partial charge in [0.2, 0.25) is 0 Å². The van der Waals surface area contributed by atoms with Crippen LogP contribution in [-0.4, -0.2) is 24.0 Å². The van der Waals surface area contributed by atoms with Gasteiger partial charge in [0.15, 0.2) is 0 Å². The summed E-state index contributed by atoms with van der Waals surface area (Å²) in [7, 11) is 0. The molecule has 0 spiro atoms. The zero-order valence-electron chi connectivity index (χ0n) is 15.7. The highest BCUT2D eigenvalue weighted by atomic mass is 79.9. The van der Waals surface area contributed by atoms with Crippen LogP contribution in [-0.2, 0) is 17.8 Å². The second kappa shape index (κ2) is 7.75. The molecule has 0 radical (unpaired) electrons. The Morgan fingerprint density at radius 2 is 1.55 bits per heavy atom. The first-order valence-corrected chi connectivity index (χ1v) is 9.68. The van der Waals surface area contributed by atoms with E-state index >= 15 is 8.78 Å². The number of nitrogens with zero attached hydrogens (tertiary/aromatic N) is 2. The van der Waals surface area contributed by atoms with Crippen LogP contribution in [0.5, 0.6) is 0 Å². The van der Waals surface area contributed by atoms with E-state index in [1.54, 1.807) is 12.1 Å². The Morgan fingerprint density at radius 1 is 0.968 bits per heavy atom. The summed E-state index contributed by atoms with van der Waals surface area (Å²) in [6.07, 6.45) is -10.4. The fourth-order valence-corrected chi connectivity index (χ4v) is 4.04. The van der Waals surface area contributed by atoms with Gasteiger partial charge in [-0.2, -0.15) is 26.3 Å². The molecule has 2 heterocycles. The van der Waals surface area contributed by atoms with Gasteiger partial charge < -0.3 is 4.90 Å². The number of alkyl halides is 8. The number of aromatic nitrogens is 1. The van der Waals surface area contributed by atoms with Crippen LogP contribution in [0, 0.1) is 0 Å². The van der Waals surface area contributed by atoms with Crippen molar-refractivity contribution in [3.05, 3.63) is 70.3 Å². The van der Waals surface area contributed by atoms with Crippen molar-refractivity contribution in [3.8, 4) is 0 Å². The van der Waals surface area contributed by atoms with Gasteiger partial charge in [-0.3, -0.25) is 0 Å². The van der Waals surface area contributed by atoms with E-state index in [1.807, 2.05) is 0 Å². The molecule has 0 bridgehead atoms. The summed E-state index contributed by atoms with van der Waals surface area (Å²) in [5, 5.41) is 0. The Bertz CT molecular complexity index is 954. The zero-order valence-corrected chi connectivity index (χ0v) is 17.3. The van der Waals surface area contributed by atoms with Gasteiger partial charge in [-0.25, -0.2) is 13.8 Å². The molecule has 0 amide bonds. The molecule has 31 heavy (non-hydrogen) atoms. The fraction of sp³-hybridized carbons (Fsp3) is 0.350. The van der Waals surface area contributed by atoms with E-state index in [4.69, 9.17) is 0 Å². The van der Waals surface area contributed by atoms with Crippen molar-refractivity contribution < 1.29 is 35.1 Å². The number of hydrogen-bond donors (Lipinski definition) is 0. The molecule has 1 aliphatic heterocycles. The number of anilines is 1. The van der Waals surface area contributed by atoms with Gasteiger partial charge in [-0.1, -0.05) is 12.6 Å². The summed E-state index contributed by atoms with van der Waals surface area (Å²) in [5.41, 5.74) is -6.40. The molecule has 0 N–H and O–H groups in total. The molecule has 1 saturated heterocycles. The minimum atomic E-state index is -5.15. The highest BCUT2D eigenvalue weighted by Crippen LogP contribution is 2.50. The van der Waals surface area contributed by atoms with Crippen molar-refractivity contribution in [1.82, 2.24) is 4.98 Å². The van der Waals surface area contributed by atoms with Crippen LogP contribution in [0.3, 0.4) is 0 Å². The van der Waals surface area contributed by atoms with E-state index in [0.29, 0.717) is 16.7 Å². The first-order valence-electron chi connectivity index (χ1n) is 8.88. The molecule has 0 saturated carbocycles. The van der Waals surface area contributed by atoms with Gasteiger partial charge in [0, 0.05) is 13.1 Å². The summed E-state index contributed by atoms with van der Waals surface area (Å²) in [6.45, 7) is 2.47. The average molecular weight is 515 g/mol. The van der Waals surface area contributed by atoms with E-state index in [9.17, 15) is 26.3 Å². The molecule has 1 unspecified atom stereocenters.